The topological polar surface area (TPSA) is 90.0 Å². The minimum absolute atomic E-state index is 0.152. The molecule has 0 aliphatic carbocycles. The van der Waals surface area contributed by atoms with Gasteiger partial charge in [-0.2, -0.15) is 5.10 Å². The van der Waals surface area contributed by atoms with Gasteiger partial charge in [0.05, 0.1) is 6.54 Å². The second-order valence-electron chi connectivity index (χ2n) is 5.22. The van der Waals surface area contributed by atoms with Crippen LogP contribution in [0.5, 0.6) is 0 Å². The zero-order chi connectivity index (χ0) is 16.1. The first kappa shape index (κ1) is 13.4. The summed E-state index contributed by atoms with van der Waals surface area (Å²) in [6.45, 7) is 0.152. The van der Waals surface area contributed by atoms with E-state index in [-0.39, 0.29) is 29.2 Å². The van der Waals surface area contributed by atoms with Crippen molar-refractivity contribution >= 4 is 16.8 Å². The van der Waals surface area contributed by atoms with Crippen LogP contribution in [0.4, 0.5) is 4.39 Å². The normalized spacial score (nSPS) is 11.6. The molecule has 0 aliphatic heterocycles. The Bertz CT molecular complexity index is 1150. The number of nitrogens with one attached hydrogen (secondary N) is 1. The zero-order valence-electron chi connectivity index (χ0n) is 12.0. The average Bonchev–Trinajstić information content (AvgIpc) is 3.08. The lowest BCUT2D eigenvalue weighted by Crippen LogP contribution is -2.25. The molecule has 4 aromatic rings. The first-order chi connectivity index (χ1) is 11.0. The number of nitrogens with zero attached hydrogens (tertiary/aromatic N) is 5. The van der Waals surface area contributed by atoms with E-state index in [2.05, 4.69) is 15.3 Å². The van der Waals surface area contributed by atoms with Crippen LogP contribution in [-0.4, -0.2) is 28.9 Å². The van der Waals surface area contributed by atoms with Crippen molar-refractivity contribution in [1.29, 1.82) is 0 Å². The summed E-state index contributed by atoms with van der Waals surface area (Å²) in [5.41, 5.74) is 0.454. The number of hydrogen-bond donors (Lipinski definition) is 1. The summed E-state index contributed by atoms with van der Waals surface area (Å²) in [6, 6.07) is 5.78. The maximum absolute atomic E-state index is 13.0. The number of aromatic nitrogens is 6. The minimum atomic E-state index is -0.453. The number of H-pyrrole nitrogens is 1. The Morgan fingerprint density at radius 1 is 1.22 bits per heavy atom. The Morgan fingerprint density at radius 2 is 1.96 bits per heavy atom. The van der Waals surface area contributed by atoms with E-state index in [4.69, 9.17) is 0 Å². The van der Waals surface area contributed by atoms with Gasteiger partial charge in [0.1, 0.15) is 11.3 Å². The maximum Gasteiger partial charge on any atom is 0.349 e. The molecule has 23 heavy (non-hydrogen) atoms. The molecule has 4 rings (SSSR count). The zero-order valence-corrected chi connectivity index (χ0v) is 12.0. The molecule has 0 bridgehead atoms. The maximum atomic E-state index is 13.0. The van der Waals surface area contributed by atoms with Crippen molar-refractivity contribution in [2.24, 2.45) is 7.05 Å². The lowest BCUT2D eigenvalue weighted by Gasteiger charge is -2.07. The fourth-order valence-electron chi connectivity index (χ4n) is 2.61. The van der Waals surface area contributed by atoms with E-state index in [1.165, 1.54) is 25.8 Å². The standard InChI is InChI=1S/C14H11FN6O2/c1-19-7-10-11(18-19)12(22)20(13-16-17-14(23)21(10)13)6-8-2-4-9(15)5-3-8/h2-5,7H,6H2,1H3,(H,17,23). The third kappa shape index (κ3) is 1.97. The van der Waals surface area contributed by atoms with Gasteiger partial charge in [0, 0.05) is 13.2 Å². The van der Waals surface area contributed by atoms with Crippen molar-refractivity contribution in [1.82, 2.24) is 28.9 Å². The lowest BCUT2D eigenvalue weighted by molar-refractivity contribution is 0.626. The van der Waals surface area contributed by atoms with Gasteiger partial charge in [-0.05, 0) is 17.7 Å². The first-order valence-corrected chi connectivity index (χ1v) is 6.82. The fourth-order valence-corrected chi connectivity index (χ4v) is 2.61. The van der Waals surface area contributed by atoms with E-state index in [1.807, 2.05) is 0 Å². The molecule has 0 aliphatic rings. The highest BCUT2D eigenvalue weighted by molar-refractivity contribution is 5.75. The van der Waals surface area contributed by atoms with Gasteiger partial charge >= 0.3 is 5.69 Å². The van der Waals surface area contributed by atoms with Crippen LogP contribution in [0.2, 0.25) is 0 Å². The van der Waals surface area contributed by atoms with Gasteiger partial charge in [0.25, 0.3) is 5.56 Å². The number of benzene rings is 1. The fraction of sp³-hybridized carbons (Fsp3) is 0.143. The Labute approximate surface area is 127 Å². The lowest BCUT2D eigenvalue weighted by atomic mass is 10.2. The quantitative estimate of drug-likeness (QED) is 0.574. The van der Waals surface area contributed by atoms with Crippen LogP contribution < -0.4 is 11.2 Å². The predicted octanol–water partition coefficient (Wildman–Crippen LogP) is 0.258. The van der Waals surface area contributed by atoms with Gasteiger partial charge in [-0.15, -0.1) is 5.10 Å². The molecule has 0 saturated carbocycles. The SMILES string of the molecule is Cn1cc2c(n1)c(=O)n(Cc1ccc(F)cc1)c1n[nH]c(=O)n21. The molecule has 0 atom stereocenters. The van der Waals surface area contributed by atoms with Crippen molar-refractivity contribution in [3.8, 4) is 0 Å². The van der Waals surface area contributed by atoms with Gasteiger partial charge < -0.3 is 0 Å². The highest BCUT2D eigenvalue weighted by atomic mass is 19.1. The Balaban J connectivity index is 2.04. The monoisotopic (exact) mass is 314 g/mol. The Morgan fingerprint density at radius 3 is 2.70 bits per heavy atom. The molecule has 3 aromatic heterocycles. The average molecular weight is 314 g/mol. The summed E-state index contributed by atoms with van der Waals surface area (Å²) in [7, 11) is 1.67. The molecule has 8 nitrogen and oxygen atoms in total. The van der Waals surface area contributed by atoms with Crippen LogP contribution in [-0.2, 0) is 13.6 Å². The molecule has 0 fully saturated rings. The van der Waals surface area contributed by atoms with E-state index in [9.17, 15) is 14.0 Å². The Kier molecular flexibility index (Phi) is 2.71. The van der Waals surface area contributed by atoms with Crippen LogP contribution in [0, 0.1) is 5.82 Å². The number of halogens is 1. The Hall–Kier alpha value is -3.23. The largest absolute Gasteiger partial charge is 0.349 e. The van der Waals surface area contributed by atoms with Crippen LogP contribution in [0.15, 0.2) is 40.1 Å². The van der Waals surface area contributed by atoms with E-state index in [1.54, 1.807) is 25.4 Å². The van der Waals surface area contributed by atoms with E-state index in [0.29, 0.717) is 11.1 Å². The summed E-state index contributed by atoms with van der Waals surface area (Å²) in [5.74, 6) is -0.174. The molecule has 3 heterocycles. The van der Waals surface area contributed by atoms with Crippen molar-refractivity contribution < 1.29 is 4.39 Å². The molecule has 0 spiro atoms. The molecule has 116 valence electrons. The van der Waals surface area contributed by atoms with Crippen molar-refractivity contribution in [3.05, 3.63) is 62.7 Å². The number of hydrogen-bond acceptors (Lipinski definition) is 4. The molecule has 1 aromatic carbocycles. The highest BCUT2D eigenvalue weighted by Crippen LogP contribution is 2.11. The summed E-state index contributed by atoms with van der Waals surface area (Å²) in [6.07, 6.45) is 1.59. The smallest absolute Gasteiger partial charge is 0.273 e. The molecule has 0 radical (unpaired) electrons. The highest BCUT2D eigenvalue weighted by Gasteiger charge is 2.17. The van der Waals surface area contributed by atoms with E-state index in [0.717, 1.165) is 0 Å². The summed E-state index contributed by atoms with van der Waals surface area (Å²) in [4.78, 5) is 24.7. The van der Waals surface area contributed by atoms with Gasteiger partial charge in [0.15, 0.2) is 5.52 Å². The van der Waals surface area contributed by atoms with E-state index < -0.39 is 5.69 Å². The number of aryl methyl sites for hydroxylation is 1. The van der Waals surface area contributed by atoms with Crippen molar-refractivity contribution in [2.75, 3.05) is 0 Å². The molecule has 1 N–H and O–H groups in total. The number of rotatable bonds is 2. The first-order valence-electron chi connectivity index (χ1n) is 6.82. The van der Waals surface area contributed by atoms with Crippen molar-refractivity contribution in [2.45, 2.75) is 6.54 Å². The summed E-state index contributed by atoms with van der Waals surface area (Å²) in [5, 5.41) is 10.4. The predicted molar refractivity (Wildman–Crippen MR) is 79.8 cm³/mol. The van der Waals surface area contributed by atoms with Crippen molar-refractivity contribution in [3.63, 3.8) is 0 Å². The molecule has 0 unspecified atom stereocenters. The van der Waals surface area contributed by atoms with Crippen LogP contribution in [0.3, 0.4) is 0 Å². The minimum Gasteiger partial charge on any atom is -0.273 e. The van der Waals surface area contributed by atoms with Gasteiger partial charge in [-0.1, -0.05) is 12.1 Å². The molecular formula is C14H11FN6O2. The molecule has 9 heteroatoms. The second-order valence-corrected chi connectivity index (χ2v) is 5.22. The summed E-state index contributed by atoms with van der Waals surface area (Å²) >= 11 is 0. The molecule has 0 saturated heterocycles. The molecular weight excluding hydrogens is 303 g/mol. The van der Waals surface area contributed by atoms with Crippen LogP contribution in [0.25, 0.3) is 16.8 Å². The van der Waals surface area contributed by atoms with Gasteiger partial charge in [-0.25, -0.2) is 18.7 Å². The van der Waals surface area contributed by atoms with Gasteiger partial charge in [0.2, 0.25) is 5.78 Å². The molecule has 0 amide bonds. The van der Waals surface area contributed by atoms with Crippen LogP contribution in [0.1, 0.15) is 5.56 Å². The third-order valence-corrected chi connectivity index (χ3v) is 3.65. The van der Waals surface area contributed by atoms with Gasteiger partial charge in [-0.3, -0.25) is 14.0 Å². The number of aromatic amines is 1. The number of fused-ring (bicyclic) bond motifs is 3. The van der Waals surface area contributed by atoms with Crippen LogP contribution >= 0.6 is 0 Å². The van der Waals surface area contributed by atoms with E-state index >= 15 is 0 Å². The third-order valence-electron chi connectivity index (χ3n) is 3.65. The summed E-state index contributed by atoms with van der Waals surface area (Å²) < 4.78 is 17.1. The second kappa shape index (κ2) is 4.63.